The number of para-hydroxylation sites is 4. The maximum Gasteiger partial charge on any atom is 0.0653 e. The van der Waals surface area contributed by atoms with Crippen molar-refractivity contribution in [3.8, 4) is 0 Å². The zero-order valence-electron chi connectivity index (χ0n) is 61.8. The molecule has 4 aromatic heterocycles. The number of aromatic nitrogens is 2. The Morgan fingerprint density at radius 2 is 0.819 bits per heavy atom. The summed E-state index contributed by atoms with van der Waals surface area (Å²) in [7, 11) is 0. The summed E-state index contributed by atoms with van der Waals surface area (Å²) < 4.78 is 194. The number of fused-ring (bicyclic) bond motifs is 12. The molecule has 4 heteroatoms. The van der Waals surface area contributed by atoms with Gasteiger partial charge in [0.2, 0.25) is 0 Å². The first-order chi connectivity index (χ1) is 43.2. The van der Waals surface area contributed by atoms with Gasteiger partial charge in [0.05, 0.1) is 58.2 Å². The van der Waals surface area contributed by atoms with Gasteiger partial charge in [-0.2, -0.15) is 0 Å². The Bertz CT molecular complexity index is 5230. The van der Waals surface area contributed by atoms with E-state index in [1.165, 1.54) is 4.90 Å². The van der Waals surface area contributed by atoms with Gasteiger partial charge in [0.1, 0.15) is 0 Å². The Morgan fingerprint density at radius 3 is 1.21 bits per heavy atom. The second kappa shape index (κ2) is 15.8. The smallest absolute Gasteiger partial charge is 0.0653 e. The standard InChI is InChI=1S/C68H62N4/c1-41(2)43-27-31-47(32-28-43)69(45-19-13-11-14-20-45)57-37-35-49-53-39-60-54(40-59(53)71-63-51(61(57)65(49)71)23-17-25-55(63)67(5,6)7)50-36-38-58(62-52-24-18-26-56(68(8,9)10)64(52)72(60)66(50)62)70(46-21-15-12-16-22-46)48-33-29-44(30-34-48)42(3)4/h11-42H,1-10H3/i1D3,2D3,3D3,27D,28D,29D,30D,31D,32D,33D,34D,39D,40D,41D,42D. The number of benzene rings is 9. The van der Waals surface area contributed by atoms with E-state index in [0.717, 1.165) is 18.1 Å². The first-order valence-electron chi connectivity index (χ1n) is 34.6. The van der Waals surface area contributed by atoms with E-state index in [2.05, 4.69) is 41.5 Å². The van der Waals surface area contributed by atoms with Gasteiger partial charge in [0.25, 0.3) is 0 Å². The summed E-state index contributed by atoms with van der Waals surface area (Å²) in [5, 5.41) is 4.40. The third-order valence-electron chi connectivity index (χ3n) is 14.2. The van der Waals surface area contributed by atoms with Crippen LogP contribution in [0.2, 0.25) is 0 Å². The van der Waals surface area contributed by atoms with Gasteiger partial charge in [-0.05, 0) is 118 Å². The van der Waals surface area contributed by atoms with Crippen LogP contribution in [-0.4, -0.2) is 8.80 Å². The fourth-order valence-electron chi connectivity index (χ4n) is 11.1. The summed E-state index contributed by atoms with van der Waals surface area (Å²) in [6.45, 7) is 3.16. The largest absolute Gasteiger partial charge is 0.310 e. The molecule has 0 aliphatic carbocycles. The van der Waals surface area contributed by atoms with Crippen molar-refractivity contribution in [2.24, 2.45) is 0 Å². The summed E-state index contributed by atoms with van der Waals surface area (Å²) in [5.41, 5.74) is 3.13. The zero-order valence-corrected chi connectivity index (χ0v) is 40.8. The third-order valence-corrected chi connectivity index (χ3v) is 14.2. The molecule has 0 fully saturated rings. The maximum absolute atomic E-state index is 10.9. The van der Waals surface area contributed by atoms with E-state index in [0.29, 0.717) is 98.9 Å². The predicted octanol–water partition coefficient (Wildman–Crippen LogP) is 19.8. The molecule has 9 aromatic carbocycles. The van der Waals surface area contributed by atoms with Gasteiger partial charge in [-0.1, -0.05) is 178 Å². The van der Waals surface area contributed by atoms with E-state index in [-0.39, 0.29) is 23.5 Å². The summed E-state index contributed by atoms with van der Waals surface area (Å²) in [6.07, 6.45) is 0. The van der Waals surface area contributed by atoms with Crippen LogP contribution in [0.1, 0.15) is 132 Å². The van der Waals surface area contributed by atoms with Crippen LogP contribution >= 0.6 is 0 Å². The molecule has 0 aliphatic heterocycles. The lowest BCUT2D eigenvalue weighted by Gasteiger charge is -2.27. The Morgan fingerprint density at radius 1 is 0.417 bits per heavy atom. The van der Waals surface area contributed by atoms with Crippen LogP contribution in [0, 0.1) is 0 Å². The summed E-state index contributed by atoms with van der Waals surface area (Å²) in [5.74, 6) is -6.10. The minimum atomic E-state index is -3.63. The lowest BCUT2D eigenvalue weighted by atomic mass is 9.85. The molecule has 0 saturated heterocycles. The highest BCUT2D eigenvalue weighted by Crippen LogP contribution is 2.53. The molecule has 1 atom stereocenters. The van der Waals surface area contributed by atoms with Crippen molar-refractivity contribution in [1.82, 2.24) is 8.80 Å². The second-order valence-corrected chi connectivity index (χ2v) is 20.8. The van der Waals surface area contributed by atoms with Crippen LogP contribution in [-0.2, 0) is 10.8 Å². The van der Waals surface area contributed by atoms with Crippen molar-refractivity contribution >= 4 is 110 Å². The van der Waals surface area contributed by atoms with Crippen LogP contribution < -0.4 is 9.80 Å². The summed E-state index contributed by atoms with van der Waals surface area (Å²) >= 11 is 0. The van der Waals surface area contributed by atoms with Gasteiger partial charge in [-0.3, -0.25) is 0 Å². The lowest BCUT2D eigenvalue weighted by Crippen LogP contribution is -2.12. The number of anilines is 6. The molecule has 0 bridgehead atoms. The molecule has 0 N–H and O–H groups in total. The predicted molar refractivity (Wildman–Crippen MR) is 311 cm³/mol. The number of hydrogen-bond acceptors (Lipinski definition) is 2. The highest BCUT2D eigenvalue weighted by Gasteiger charge is 2.31. The van der Waals surface area contributed by atoms with Gasteiger partial charge in [0.15, 0.2) is 0 Å². The molecule has 13 aromatic rings. The molecular weight excluding hydrogens is 873 g/mol. The minimum Gasteiger partial charge on any atom is -0.310 e. The number of nitrogens with zero attached hydrogens (tertiary/aromatic N) is 4. The molecule has 4 heterocycles. The van der Waals surface area contributed by atoms with Gasteiger partial charge < -0.3 is 18.6 Å². The summed E-state index contributed by atoms with van der Waals surface area (Å²) in [4.78, 5) is 3.14. The Labute approximate surface area is 452 Å². The van der Waals surface area contributed by atoms with E-state index < -0.39 is 103 Å². The minimum absolute atomic E-state index is 0.0515. The molecule has 0 saturated carbocycles. The van der Waals surface area contributed by atoms with Crippen LogP contribution in [0.3, 0.4) is 0 Å². The second-order valence-electron chi connectivity index (χ2n) is 20.8. The number of rotatable bonds is 8. The topological polar surface area (TPSA) is 15.3 Å². The maximum atomic E-state index is 10.9. The molecule has 0 aliphatic rings. The molecule has 72 heavy (non-hydrogen) atoms. The molecule has 0 spiro atoms. The normalized spacial score (nSPS) is 18.5. The van der Waals surface area contributed by atoms with E-state index in [9.17, 15) is 13.7 Å². The van der Waals surface area contributed by atoms with Crippen molar-refractivity contribution in [1.29, 1.82) is 0 Å². The van der Waals surface area contributed by atoms with Crippen molar-refractivity contribution in [3.05, 3.63) is 204 Å². The monoisotopic (exact) mass is 956 g/mol. The molecule has 13 rings (SSSR count). The van der Waals surface area contributed by atoms with Crippen LogP contribution in [0.4, 0.5) is 34.1 Å². The van der Waals surface area contributed by atoms with Crippen LogP contribution in [0.25, 0.3) is 76.2 Å². The fraction of sp³-hybridized carbons (Fsp3) is 0.206. The van der Waals surface area contributed by atoms with E-state index in [1.54, 1.807) is 83.8 Å². The molecular formula is C68H62N4. The van der Waals surface area contributed by atoms with Crippen LogP contribution in [0.5, 0.6) is 0 Å². The van der Waals surface area contributed by atoms with Gasteiger partial charge in [-0.25, -0.2) is 0 Å². The van der Waals surface area contributed by atoms with Crippen molar-refractivity contribution < 1.29 is 28.8 Å². The van der Waals surface area contributed by atoms with Gasteiger partial charge in [-0.15, -0.1) is 0 Å². The number of hydrogen-bond donors (Lipinski definition) is 0. The molecule has 354 valence electrons. The fourth-order valence-corrected chi connectivity index (χ4v) is 11.1. The Hall–Kier alpha value is -7.82. The first kappa shape index (κ1) is 27.1. The van der Waals surface area contributed by atoms with Gasteiger partial charge in [0, 0.05) is 80.9 Å². The zero-order chi connectivity index (χ0) is 67.6. The lowest BCUT2D eigenvalue weighted by molar-refractivity contribution is 0.594. The quantitative estimate of drug-likeness (QED) is 0.151. The average Bonchev–Trinajstić information content (AvgIpc) is 1.51. The van der Waals surface area contributed by atoms with Crippen molar-refractivity contribution in [2.45, 2.75) is 91.6 Å². The average molecular weight is 956 g/mol. The van der Waals surface area contributed by atoms with Crippen molar-refractivity contribution in [2.75, 3.05) is 9.80 Å². The van der Waals surface area contributed by atoms with Crippen LogP contribution in [0.15, 0.2) is 182 Å². The van der Waals surface area contributed by atoms with E-state index >= 15 is 0 Å². The summed E-state index contributed by atoms with van der Waals surface area (Å²) in [6, 6.07) is 30.3. The van der Waals surface area contributed by atoms with Crippen molar-refractivity contribution in [3.63, 3.8) is 0 Å². The Balaban J connectivity index is 1.19. The van der Waals surface area contributed by atoms with E-state index in [1.807, 2.05) is 51.3 Å². The van der Waals surface area contributed by atoms with Gasteiger partial charge >= 0.3 is 0 Å². The molecule has 0 amide bonds. The Kier molecular flexibility index (Phi) is 5.97. The highest BCUT2D eigenvalue weighted by molar-refractivity contribution is 6.32. The molecule has 4 nitrogen and oxygen atoms in total. The molecule has 1 unspecified atom stereocenters. The highest BCUT2D eigenvalue weighted by atomic mass is 15.2. The molecule has 0 radical (unpaired) electrons. The third kappa shape index (κ3) is 6.43. The first-order valence-corrected chi connectivity index (χ1v) is 24.1. The SMILES string of the molecule is [2H]c1c([2H])c(C([2H])(C)C([2H])([2H])[2H])c([2H])c([2H])c1N(c1ccccc1)c1ccc2c3c([2H])c4c(c([2H])c3n3c5c(C(C)(C)C)cccc5c1c23)c1ccc(N(c2ccccc2)c2c([2H])c([2H])c(C([2H])(C([2H])([2H])[2H])C([2H])([2H])[2H])c([2H])c2[2H])c2c3cccc(C(C)(C)C)c3n4c12. The van der Waals surface area contributed by atoms with E-state index in [4.69, 9.17) is 15.1 Å².